The van der Waals surface area contributed by atoms with Crippen LogP contribution in [0.5, 0.6) is 0 Å². The van der Waals surface area contributed by atoms with E-state index in [2.05, 4.69) is 10.3 Å². The number of fused-ring (bicyclic) bond motifs is 1. The molecular weight excluding hydrogens is 394 g/mol. The molecule has 7 nitrogen and oxygen atoms in total. The number of rotatable bonds is 6. The zero-order valence-corrected chi connectivity index (χ0v) is 16.4. The molecule has 0 bridgehead atoms. The average Bonchev–Trinajstić information content (AvgIpc) is 3.17. The van der Waals surface area contributed by atoms with Crippen molar-refractivity contribution in [3.8, 4) is 11.3 Å². The molecule has 3 aromatic carbocycles. The highest BCUT2D eigenvalue weighted by Gasteiger charge is 2.21. The number of urea groups is 1. The molecule has 0 unspecified atom stereocenters. The quantitative estimate of drug-likeness (QED) is 0.322. The zero-order chi connectivity index (χ0) is 21.8. The first kappa shape index (κ1) is 19.9. The number of ketones is 1. The van der Waals surface area contributed by atoms with Gasteiger partial charge in [-0.25, -0.2) is 9.59 Å². The van der Waals surface area contributed by atoms with Crippen molar-refractivity contribution in [1.29, 1.82) is 0 Å². The molecule has 0 spiro atoms. The fourth-order valence-corrected chi connectivity index (χ4v) is 3.41. The number of nitrogens with two attached hydrogens (primary N) is 1. The summed E-state index contributed by atoms with van der Waals surface area (Å²) in [6.07, 6.45) is 0. The van der Waals surface area contributed by atoms with E-state index in [4.69, 9.17) is 10.5 Å². The van der Waals surface area contributed by atoms with Gasteiger partial charge in [-0.3, -0.25) is 4.79 Å². The smallest absolute Gasteiger partial charge is 0.338 e. The monoisotopic (exact) mass is 413 g/mol. The van der Waals surface area contributed by atoms with Crippen molar-refractivity contribution in [3.05, 3.63) is 90.0 Å². The molecule has 0 fully saturated rings. The number of primary amides is 1. The number of H-pyrrole nitrogens is 1. The minimum absolute atomic E-state index is 0.196. The number of esters is 1. The van der Waals surface area contributed by atoms with Crippen molar-refractivity contribution in [2.45, 2.75) is 0 Å². The molecule has 0 atom stereocenters. The Morgan fingerprint density at radius 1 is 0.903 bits per heavy atom. The highest BCUT2D eigenvalue weighted by molar-refractivity contribution is 6.14. The number of anilines is 1. The van der Waals surface area contributed by atoms with Crippen LogP contribution in [0.25, 0.3) is 22.2 Å². The molecule has 0 aliphatic rings. The predicted molar refractivity (Wildman–Crippen MR) is 118 cm³/mol. The van der Waals surface area contributed by atoms with Gasteiger partial charge in [0.2, 0.25) is 5.78 Å². The molecule has 154 valence electrons. The van der Waals surface area contributed by atoms with Gasteiger partial charge in [0, 0.05) is 16.6 Å². The van der Waals surface area contributed by atoms with Crippen molar-refractivity contribution >= 4 is 34.4 Å². The van der Waals surface area contributed by atoms with Crippen molar-refractivity contribution in [2.75, 3.05) is 11.9 Å². The van der Waals surface area contributed by atoms with E-state index < -0.39 is 18.6 Å². The van der Waals surface area contributed by atoms with Crippen LogP contribution in [0.4, 0.5) is 10.5 Å². The number of benzene rings is 3. The molecule has 0 radical (unpaired) electrons. The SMILES string of the molecule is NC(=O)Nc1cccc(C(=O)OCC(=O)c2c(-c3ccccc3)[nH]c3ccccc23)c1. The highest BCUT2D eigenvalue weighted by atomic mass is 16.5. The second kappa shape index (κ2) is 8.54. The normalized spacial score (nSPS) is 10.6. The Hall–Kier alpha value is -4.39. The highest BCUT2D eigenvalue weighted by Crippen LogP contribution is 2.30. The van der Waals surface area contributed by atoms with Crippen LogP contribution in [-0.4, -0.2) is 29.4 Å². The van der Waals surface area contributed by atoms with E-state index in [-0.39, 0.29) is 11.3 Å². The lowest BCUT2D eigenvalue weighted by molar-refractivity contribution is 0.0475. The van der Waals surface area contributed by atoms with Gasteiger partial charge in [0.15, 0.2) is 6.61 Å². The lowest BCUT2D eigenvalue weighted by Gasteiger charge is -2.08. The van der Waals surface area contributed by atoms with E-state index in [1.54, 1.807) is 12.1 Å². The summed E-state index contributed by atoms with van der Waals surface area (Å²) in [4.78, 5) is 39.8. The Balaban J connectivity index is 1.58. The van der Waals surface area contributed by atoms with E-state index in [0.29, 0.717) is 16.9 Å². The van der Waals surface area contributed by atoms with Crippen LogP contribution in [0.2, 0.25) is 0 Å². The van der Waals surface area contributed by atoms with Crippen LogP contribution >= 0.6 is 0 Å². The minimum atomic E-state index is -0.742. The van der Waals surface area contributed by atoms with Crippen molar-refractivity contribution in [3.63, 3.8) is 0 Å². The number of ether oxygens (including phenoxy) is 1. The molecule has 0 saturated heterocycles. The number of Topliss-reactive ketones (excluding diaryl/α,β-unsaturated/α-hetero) is 1. The van der Waals surface area contributed by atoms with E-state index in [0.717, 1.165) is 16.5 Å². The maximum atomic E-state index is 13.1. The molecule has 0 aliphatic carbocycles. The molecule has 0 saturated carbocycles. The van der Waals surface area contributed by atoms with E-state index >= 15 is 0 Å². The van der Waals surface area contributed by atoms with Gasteiger partial charge in [-0.15, -0.1) is 0 Å². The lowest BCUT2D eigenvalue weighted by atomic mass is 10.0. The third-order valence-corrected chi connectivity index (χ3v) is 4.75. The molecule has 4 aromatic rings. The van der Waals surface area contributed by atoms with Crippen LogP contribution in [0.1, 0.15) is 20.7 Å². The van der Waals surface area contributed by atoms with Gasteiger partial charge in [-0.1, -0.05) is 54.6 Å². The Morgan fingerprint density at radius 2 is 1.65 bits per heavy atom. The van der Waals surface area contributed by atoms with Gasteiger partial charge in [0.25, 0.3) is 0 Å². The summed E-state index contributed by atoms with van der Waals surface area (Å²) in [5.74, 6) is -1.00. The topological polar surface area (TPSA) is 114 Å². The van der Waals surface area contributed by atoms with Gasteiger partial charge in [-0.05, 0) is 29.8 Å². The molecule has 1 heterocycles. The summed E-state index contributed by atoms with van der Waals surface area (Å²) in [6, 6.07) is 22.4. The molecule has 1 aromatic heterocycles. The Bertz CT molecular complexity index is 1280. The van der Waals surface area contributed by atoms with Gasteiger partial charge in [0.05, 0.1) is 16.8 Å². The number of aromatic nitrogens is 1. The van der Waals surface area contributed by atoms with Crippen molar-refractivity contribution in [1.82, 2.24) is 4.98 Å². The first-order chi connectivity index (χ1) is 15.0. The minimum Gasteiger partial charge on any atom is -0.454 e. The van der Waals surface area contributed by atoms with Gasteiger partial charge < -0.3 is 20.8 Å². The Labute approximate surface area is 177 Å². The fraction of sp³-hybridized carbons (Fsp3) is 0.0417. The summed E-state index contributed by atoms with van der Waals surface area (Å²) in [5, 5.41) is 3.15. The predicted octanol–water partition coefficient (Wildman–Crippen LogP) is 4.37. The lowest BCUT2D eigenvalue weighted by Crippen LogP contribution is -2.19. The number of hydrogen-bond acceptors (Lipinski definition) is 4. The fourth-order valence-electron chi connectivity index (χ4n) is 3.41. The molecule has 7 heteroatoms. The number of aromatic amines is 1. The maximum absolute atomic E-state index is 13.1. The number of amides is 2. The number of para-hydroxylation sites is 1. The second-order valence-electron chi connectivity index (χ2n) is 6.86. The number of carbonyl (C=O) groups is 3. The molecule has 2 amide bonds. The third-order valence-electron chi connectivity index (χ3n) is 4.75. The van der Waals surface area contributed by atoms with Crippen molar-refractivity contribution < 1.29 is 19.1 Å². The first-order valence-corrected chi connectivity index (χ1v) is 9.56. The largest absolute Gasteiger partial charge is 0.454 e. The molecule has 31 heavy (non-hydrogen) atoms. The van der Waals surface area contributed by atoms with Gasteiger partial charge in [0.1, 0.15) is 0 Å². The summed E-state index contributed by atoms with van der Waals surface area (Å²) in [5.41, 5.74) is 8.48. The Kier molecular flexibility index (Phi) is 5.49. The summed E-state index contributed by atoms with van der Waals surface area (Å²) in [6.45, 7) is -0.423. The number of nitrogens with one attached hydrogen (secondary N) is 2. The van der Waals surface area contributed by atoms with Crippen molar-refractivity contribution in [2.24, 2.45) is 5.73 Å². The van der Waals surface area contributed by atoms with Crippen LogP contribution in [0.15, 0.2) is 78.9 Å². The summed E-state index contributed by atoms with van der Waals surface area (Å²) < 4.78 is 5.27. The van der Waals surface area contributed by atoms with Crippen LogP contribution < -0.4 is 11.1 Å². The van der Waals surface area contributed by atoms with Crippen LogP contribution in [-0.2, 0) is 4.74 Å². The summed E-state index contributed by atoms with van der Waals surface area (Å²) >= 11 is 0. The molecule has 4 N–H and O–H groups in total. The average molecular weight is 413 g/mol. The maximum Gasteiger partial charge on any atom is 0.338 e. The third kappa shape index (κ3) is 4.30. The van der Waals surface area contributed by atoms with E-state index in [9.17, 15) is 14.4 Å². The second-order valence-corrected chi connectivity index (χ2v) is 6.86. The molecular formula is C24H19N3O4. The van der Waals surface area contributed by atoms with Gasteiger partial charge >= 0.3 is 12.0 Å². The number of hydrogen-bond donors (Lipinski definition) is 3. The van der Waals surface area contributed by atoms with Gasteiger partial charge in [-0.2, -0.15) is 0 Å². The van der Waals surface area contributed by atoms with E-state index in [1.807, 2.05) is 54.6 Å². The summed E-state index contributed by atoms with van der Waals surface area (Å²) in [7, 11) is 0. The first-order valence-electron chi connectivity index (χ1n) is 9.56. The Morgan fingerprint density at radius 3 is 2.42 bits per heavy atom. The molecule has 4 rings (SSSR count). The van der Waals surface area contributed by atoms with Crippen LogP contribution in [0, 0.1) is 0 Å². The zero-order valence-electron chi connectivity index (χ0n) is 16.4. The van der Waals surface area contributed by atoms with Crippen LogP contribution in [0.3, 0.4) is 0 Å². The standard InChI is InChI=1S/C24H19N3O4/c25-24(30)26-17-10-6-9-16(13-17)23(29)31-14-20(28)21-18-11-4-5-12-19(18)27-22(21)15-7-2-1-3-8-15/h1-13,27H,14H2,(H3,25,26,30). The molecule has 0 aliphatic heterocycles. The number of carbonyl (C=O) groups excluding carboxylic acids is 3. The van der Waals surface area contributed by atoms with E-state index in [1.165, 1.54) is 12.1 Å².